The molecule has 3 aromatic heterocycles. The fourth-order valence-electron chi connectivity index (χ4n) is 4.88. The van der Waals surface area contributed by atoms with E-state index in [0.29, 0.717) is 44.1 Å². The molecule has 0 saturated heterocycles. The molecule has 1 atom stereocenters. The van der Waals surface area contributed by atoms with Crippen molar-refractivity contribution in [2.45, 2.75) is 44.8 Å². The first-order valence-corrected chi connectivity index (χ1v) is 14.0. The monoisotopic (exact) mass is 631 g/mol. The molecule has 1 saturated carbocycles. The van der Waals surface area contributed by atoms with Gasteiger partial charge in [0.1, 0.15) is 36.8 Å². The summed E-state index contributed by atoms with van der Waals surface area (Å²) in [5.74, 6) is -1.82. The number of fused-ring (bicyclic) bond motifs is 1. The average molecular weight is 632 g/mol. The number of esters is 1. The number of rotatable bonds is 9. The normalized spacial score (nSPS) is 14.0. The van der Waals surface area contributed by atoms with Crippen LogP contribution in [0.25, 0.3) is 22.2 Å². The summed E-state index contributed by atoms with van der Waals surface area (Å²) in [6, 6.07) is 4.36. The maximum absolute atomic E-state index is 12.7. The third-order valence-electron chi connectivity index (χ3n) is 7.30. The lowest BCUT2D eigenvalue weighted by atomic mass is 9.94. The number of nitrogens with zero attached hydrogens (tertiary/aromatic N) is 6. The van der Waals surface area contributed by atoms with E-state index in [4.69, 9.17) is 27.2 Å². The minimum atomic E-state index is -5.14. The Hall–Kier alpha value is -4.46. The summed E-state index contributed by atoms with van der Waals surface area (Å²) in [6.45, 7) is 2.54. The molecule has 0 bridgehead atoms. The highest BCUT2D eigenvalue weighted by Crippen LogP contribution is 2.46. The highest BCUT2D eigenvalue weighted by atomic mass is 35.5. The molecule has 1 fully saturated rings. The van der Waals surface area contributed by atoms with Gasteiger partial charge in [-0.25, -0.2) is 19.4 Å². The van der Waals surface area contributed by atoms with Crippen molar-refractivity contribution in [1.29, 1.82) is 0 Å². The first-order valence-electron chi connectivity index (χ1n) is 13.7. The van der Waals surface area contributed by atoms with Gasteiger partial charge in [0.05, 0.1) is 17.1 Å². The quantitative estimate of drug-likeness (QED) is 0.197. The van der Waals surface area contributed by atoms with Crippen molar-refractivity contribution in [3.63, 3.8) is 0 Å². The number of benzene rings is 1. The number of nitrogens with two attached hydrogens (primary N) is 1. The van der Waals surface area contributed by atoms with Crippen LogP contribution in [-0.4, -0.2) is 75.0 Å². The second-order valence-corrected chi connectivity index (χ2v) is 11.0. The summed E-state index contributed by atoms with van der Waals surface area (Å²) in [7, 11) is 3.22. The molecule has 44 heavy (non-hydrogen) atoms. The van der Waals surface area contributed by atoms with Gasteiger partial charge in [0, 0.05) is 47.9 Å². The van der Waals surface area contributed by atoms with Crippen molar-refractivity contribution in [2.75, 3.05) is 33.0 Å². The molecule has 1 aliphatic carbocycles. The number of alkyl halides is 3. The molecule has 1 amide bonds. The van der Waals surface area contributed by atoms with Crippen molar-refractivity contribution in [3.05, 3.63) is 58.3 Å². The molecule has 0 aliphatic heterocycles. The number of ether oxygens (including phenoxy) is 2. The standard InChI is InChI=1S/C29H29ClF3N7O4/c1-14-19(30)11-18(15(2)40-26-22(25(34)36-13-37-26)23(38-40)16-5-6-16)24(43-9-10-44-28(42)29(31,32)33)21(14)17-7-8-20(35-12-17)27(41)39(3)4/h7-8,11-13,15-16H,5-6,9-10H2,1-4H3,(H2,34,36,37). The summed E-state index contributed by atoms with van der Waals surface area (Å²) < 4.78 is 50.3. The molecule has 1 aliphatic rings. The minimum Gasteiger partial charge on any atom is -0.489 e. The lowest BCUT2D eigenvalue weighted by Crippen LogP contribution is -2.27. The molecule has 2 N–H and O–H groups in total. The van der Waals surface area contributed by atoms with Crippen LogP contribution in [-0.2, 0) is 9.53 Å². The van der Waals surface area contributed by atoms with Gasteiger partial charge < -0.3 is 20.1 Å². The van der Waals surface area contributed by atoms with E-state index in [1.54, 1.807) is 43.9 Å². The minimum absolute atomic E-state index is 0.210. The van der Waals surface area contributed by atoms with E-state index in [2.05, 4.69) is 19.7 Å². The molecule has 0 spiro atoms. The second-order valence-electron chi connectivity index (χ2n) is 10.6. The molecule has 4 aromatic rings. The van der Waals surface area contributed by atoms with Crippen molar-refractivity contribution >= 4 is 40.3 Å². The van der Waals surface area contributed by atoms with Crippen LogP contribution in [0.4, 0.5) is 19.0 Å². The Balaban J connectivity index is 1.61. The number of nitrogen functional groups attached to an aromatic ring is 1. The molecule has 15 heteroatoms. The predicted molar refractivity (Wildman–Crippen MR) is 155 cm³/mol. The van der Waals surface area contributed by atoms with Crippen molar-refractivity contribution < 1.29 is 32.2 Å². The third kappa shape index (κ3) is 5.98. The van der Waals surface area contributed by atoms with E-state index < -0.39 is 31.4 Å². The lowest BCUT2D eigenvalue weighted by Gasteiger charge is -2.23. The molecule has 11 nitrogen and oxygen atoms in total. The van der Waals surface area contributed by atoms with Crippen LogP contribution < -0.4 is 10.5 Å². The van der Waals surface area contributed by atoms with E-state index >= 15 is 0 Å². The fourth-order valence-corrected chi connectivity index (χ4v) is 5.09. The van der Waals surface area contributed by atoms with Gasteiger partial charge in [-0.05, 0) is 44.4 Å². The van der Waals surface area contributed by atoms with Gasteiger partial charge in [0.25, 0.3) is 5.91 Å². The number of carbonyl (C=O) groups excluding carboxylic acids is 2. The number of pyridine rings is 1. The summed E-state index contributed by atoms with van der Waals surface area (Å²) in [4.78, 5) is 38.0. The maximum atomic E-state index is 12.7. The summed E-state index contributed by atoms with van der Waals surface area (Å²) in [5, 5.41) is 5.90. The topological polar surface area (TPSA) is 138 Å². The SMILES string of the molecule is Cc1c(Cl)cc(C(C)n2nc(C3CC3)c3c(N)ncnc32)c(OCCOC(=O)C(F)(F)F)c1-c1ccc(C(=O)N(C)C)nc1. The molecule has 5 rings (SSSR count). The van der Waals surface area contributed by atoms with E-state index in [-0.39, 0.29) is 23.3 Å². The second kappa shape index (κ2) is 11.9. The average Bonchev–Trinajstić information content (AvgIpc) is 3.75. The van der Waals surface area contributed by atoms with Crippen LogP contribution >= 0.6 is 11.6 Å². The van der Waals surface area contributed by atoms with Crippen LogP contribution in [0, 0.1) is 6.92 Å². The Morgan fingerprint density at radius 1 is 1.18 bits per heavy atom. The van der Waals surface area contributed by atoms with Crippen molar-refractivity contribution in [2.24, 2.45) is 0 Å². The molecule has 1 unspecified atom stereocenters. The first kappa shape index (κ1) is 31.0. The zero-order valence-electron chi connectivity index (χ0n) is 24.3. The number of aromatic nitrogens is 5. The lowest BCUT2D eigenvalue weighted by molar-refractivity contribution is -0.200. The van der Waals surface area contributed by atoms with Gasteiger partial charge in [-0.1, -0.05) is 17.7 Å². The molecule has 3 heterocycles. The number of hydrogen-bond acceptors (Lipinski definition) is 9. The van der Waals surface area contributed by atoms with Crippen LogP contribution in [0.3, 0.4) is 0 Å². The van der Waals surface area contributed by atoms with Crippen LogP contribution in [0.5, 0.6) is 5.75 Å². The number of carbonyl (C=O) groups is 2. The summed E-state index contributed by atoms with van der Waals surface area (Å²) in [6.07, 6.45) is -0.382. The third-order valence-corrected chi connectivity index (χ3v) is 7.70. The predicted octanol–water partition coefficient (Wildman–Crippen LogP) is 5.11. The number of hydrogen-bond donors (Lipinski definition) is 1. The van der Waals surface area contributed by atoms with E-state index in [1.165, 1.54) is 17.4 Å². The largest absolute Gasteiger partial charge is 0.490 e. The number of amides is 1. The van der Waals surface area contributed by atoms with Gasteiger partial charge in [-0.2, -0.15) is 18.3 Å². The van der Waals surface area contributed by atoms with Gasteiger partial charge in [0.15, 0.2) is 5.65 Å². The van der Waals surface area contributed by atoms with E-state index in [9.17, 15) is 22.8 Å². The molecular weight excluding hydrogens is 603 g/mol. The Bertz CT molecular complexity index is 1740. The molecule has 232 valence electrons. The highest BCUT2D eigenvalue weighted by molar-refractivity contribution is 6.32. The number of halogens is 4. The van der Waals surface area contributed by atoms with Gasteiger partial charge in [-0.15, -0.1) is 0 Å². The fraction of sp³-hybridized carbons (Fsp3) is 0.379. The zero-order chi connectivity index (χ0) is 31.9. The Kier molecular flexibility index (Phi) is 8.38. The Morgan fingerprint density at radius 2 is 1.91 bits per heavy atom. The molecule has 0 radical (unpaired) electrons. The van der Waals surface area contributed by atoms with Gasteiger partial charge in [-0.3, -0.25) is 9.78 Å². The molecule has 1 aromatic carbocycles. The van der Waals surface area contributed by atoms with E-state index in [0.717, 1.165) is 18.5 Å². The smallest absolute Gasteiger partial charge is 0.489 e. The Morgan fingerprint density at radius 3 is 2.52 bits per heavy atom. The summed E-state index contributed by atoms with van der Waals surface area (Å²) in [5.41, 5.74) is 9.87. The van der Waals surface area contributed by atoms with Gasteiger partial charge in [0.2, 0.25) is 0 Å². The summed E-state index contributed by atoms with van der Waals surface area (Å²) >= 11 is 6.75. The Labute approximate surface area is 255 Å². The van der Waals surface area contributed by atoms with Crippen LogP contribution in [0.1, 0.15) is 59.0 Å². The highest BCUT2D eigenvalue weighted by Gasteiger charge is 2.41. The first-order chi connectivity index (χ1) is 20.8. The zero-order valence-corrected chi connectivity index (χ0v) is 25.0. The van der Waals surface area contributed by atoms with Crippen molar-refractivity contribution in [1.82, 2.24) is 29.6 Å². The van der Waals surface area contributed by atoms with Crippen LogP contribution in [0.2, 0.25) is 5.02 Å². The van der Waals surface area contributed by atoms with Crippen molar-refractivity contribution in [3.8, 4) is 16.9 Å². The van der Waals surface area contributed by atoms with Gasteiger partial charge >= 0.3 is 12.1 Å². The maximum Gasteiger partial charge on any atom is 0.490 e. The van der Waals surface area contributed by atoms with Crippen LogP contribution in [0.15, 0.2) is 30.7 Å². The molecular formula is C29H29ClF3N7O4. The van der Waals surface area contributed by atoms with E-state index in [1.807, 2.05) is 6.92 Å². The number of anilines is 1.